The summed E-state index contributed by atoms with van der Waals surface area (Å²) in [6.45, 7) is 4.16. The molecule has 4 aromatic heterocycles. The highest BCUT2D eigenvalue weighted by molar-refractivity contribution is 6.03. The Morgan fingerprint density at radius 3 is 2.78 bits per heavy atom. The number of aromatic nitrogens is 5. The van der Waals surface area contributed by atoms with Crippen molar-refractivity contribution in [2.75, 3.05) is 38.2 Å². The Morgan fingerprint density at radius 2 is 2.00 bits per heavy atom. The maximum absolute atomic E-state index is 5.29. The van der Waals surface area contributed by atoms with Crippen LogP contribution in [0.3, 0.4) is 0 Å². The van der Waals surface area contributed by atoms with Gasteiger partial charge in [-0.25, -0.2) is 15.0 Å². The maximum Gasteiger partial charge on any atom is 0.163 e. The van der Waals surface area contributed by atoms with E-state index in [0.717, 1.165) is 76.3 Å². The number of piperazine rings is 1. The average molecular weight is 425 g/mol. The Hall–Kier alpha value is -3.62. The van der Waals surface area contributed by atoms with Gasteiger partial charge in [0.25, 0.3) is 0 Å². The van der Waals surface area contributed by atoms with E-state index in [2.05, 4.69) is 43.4 Å². The number of fused-ring (bicyclic) bond motifs is 2. The van der Waals surface area contributed by atoms with Crippen molar-refractivity contribution < 1.29 is 4.74 Å². The highest BCUT2D eigenvalue weighted by Gasteiger charge is 2.22. The zero-order valence-electron chi connectivity index (χ0n) is 17.8. The van der Waals surface area contributed by atoms with Crippen molar-refractivity contribution in [3.8, 4) is 11.4 Å². The van der Waals surface area contributed by atoms with E-state index in [9.17, 15) is 0 Å². The number of aromatic amines is 1. The van der Waals surface area contributed by atoms with Crippen LogP contribution in [0.25, 0.3) is 38.9 Å². The van der Waals surface area contributed by atoms with Gasteiger partial charge in [0.2, 0.25) is 0 Å². The summed E-state index contributed by atoms with van der Waals surface area (Å²) in [7, 11) is 1.68. The van der Waals surface area contributed by atoms with Crippen LogP contribution in [-0.2, 0) is 11.3 Å². The molecule has 1 saturated heterocycles. The maximum atomic E-state index is 5.29. The number of nitrogens with zero attached hydrogens (tertiary/aromatic N) is 5. The van der Waals surface area contributed by atoms with Gasteiger partial charge in [-0.05, 0) is 17.7 Å². The minimum atomic E-state index is 0.496. The Kier molecular flexibility index (Phi) is 4.66. The number of nitrogens with one attached hydrogen (secondary N) is 2. The van der Waals surface area contributed by atoms with Crippen LogP contribution in [0.1, 0.15) is 11.3 Å². The molecule has 0 saturated carbocycles. The smallest absolute Gasteiger partial charge is 0.163 e. The van der Waals surface area contributed by atoms with Gasteiger partial charge in [0.15, 0.2) is 5.82 Å². The Bertz CT molecular complexity index is 1380. The van der Waals surface area contributed by atoms with Crippen LogP contribution in [0.4, 0.5) is 5.82 Å². The van der Waals surface area contributed by atoms with E-state index in [4.69, 9.17) is 14.7 Å². The molecule has 8 heteroatoms. The lowest BCUT2D eigenvalue weighted by Gasteiger charge is -2.30. The third kappa shape index (κ3) is 3.16. The quantitative estimate of drug-likeness (QED) is 0.508. The van der Waals surface area contributed by atoms with Gasteiger partial charge in [-0.2, -0.15) is 0 Å². The fourth-order valence-corrected chi connectivity index (χ4v) is 4.39. The third-order valence-electron chi connectivity index (χ3n) is 6.00. The molecule has 2 N–H and O–H groups in total. The number of pyridine rings is 2. The molecule has 1 fully saturated rings. The first kappa shape index (κ1) is 19.1. The summed E-state index contributed by atoms with van der Waals surface area (Å²) in [5, 5.41) is 5.47. The molecule has 0 aromatic carbocycles. The Labute approximate surface area is 185 Å². The third-order valence-corrected chi connectivity index (χ3v) is 6.00. The molecule has 0 radical (unpaired) electrons. The lowest BCUT2D eigenvalue weighted by molar-refractivity contribution is 0.182. The van der Waals surface area contributed by atoms with Crippen LogP contribution in [0.15, 0.2) is 49.0 Å². The molecule has 0 atom stereocenters. The SMILES string of the molecule is COCc1cc2c(-c3nc(N4CCNCC4)c4c(C5=CC=C5)cncc4n3)ccnc2[nH]1. The predicted octanol–water partition coefficient (Wildman–Crippen LogP) is 3.08. The molecule has 5 heterocycles. The second-order valence-corrected chi connectivity index (χ2v) is 8.02. The number of allylic oxidation sites excluding steroid dienone is 4. The molecule has 4 aromatic rings. The van der Waals surface area contributed by atoms with Gasteiger partial charge in [0.1, 0.15) is 11.5 Å². The van der Waals surface area contributed by atoms with Crippen molar-refractivity contribution in [1.29, 1.82) is 0 Å². The highest BCUT2D eigenvalue weighted by Crippen LogP contribution is 2.36. The van der Waals surface area contributed by atoms with Crippen LogP contribution >= 0.6 is 0 Å². The monoisotopic (exact) mass is 425 g/mol. The van der Waals surface area contributed by atoms with E-state index in [1.165, 1.54) is 0 Å². The topological polar surface area (TPSA) is 91.8 Å². The lowest BCUT2D eigenvalue weighted by Crippen LogP contribution is -2.44. The number of H-pyrrole nitrogens is 1. The number of ether oxygens (including phenoxy) is 1. The summed E-state index contributed by atoms with van der Waals surface area (Å²) >= 11 is 0. The largest absolute Gasteiger partial charge is 0.378 e. The van der Waals surface area contributed by atoms with Crippen molar-refractivity contribution in [3.05, 3.63) is 60.2 Å². The van der Waals surface area contributed by atoms with Gasteiger partial charge in [0, 0.05) is 67.9 Å². The minimum absolute atomic E-state index is 0.496. The molecule has 0 unspecified atom stereocenters. The highest BCUT2D eigenvalue weighted by atomic mass is 16.5. The van der Waals surface area contributed by atoms with Crippen LogP contribution in [0, 0.1) is 0 Å². The summed E-state index contributed by atoms with van der Waals surface area (Å²) in [6.07, 6.45) is 11.8. The normalized spacial score (nSPS) is 15.9. The number of methoxy groups -OCH3 is 1. The Balaban J connectivity index is 1.58. The Morgan fingerprint density at radius 1 is 1.12 bits per heavy atom. The molecule has 1 aliphatic carbocycles. The van der Waals surface area contributed by atoms with Gasteiger partial charge in [0.05, 0.1) is 23.7 Å². The predicted molar refractivity (Wildman–Crippen MR) is 125 cm³/mol. The van der Waals surface area contributed by atoms with E-state index in [1.54, 1.807) is 13.3 Å². The molecule has 0 amide bonds. The van der Waals surface area contributed by atoms with E-state index >= 15 is 0 Å². The molecule has 0 spiro atoms. The summed E-state index contributed by atoms with van der Waals surface area (Å²) in [6, 6.07) is 4.04. The van der Waals surface area contributed by atoms with E-state index in [1.807, 2.05) is 24.5 Å². The van der Waals surface area contributed by atoms with Gasteiger partial charge in [-0.1, -0.05) is 18.2 Å². The van der Waals surface area contributed by atoms with Crippen LogP contribution in [0.5, 0.6) is 0 Å². The number of hydrogen-bond donors (Lipinski definition) is 2. The molecule has 0 bridgehead atoms. The molecule has 2 aliphatic rings. The van der Waals surface area contributed by atoms with Crippen molar-refractivity contribution in [1.82, 2.24) is 30.2 Å². The fraction of sp³-hybridized carbons (Fsp3) is 0.250. The molecular weight excluding hydrogens is 402 g/mol. The second-order valence-electron chi connectivity index (χ2n) is 8.02. The van der Waals surface area contributed by atoms with Crippen molar-refractivity contribution in [2.24, 2.45) is 0 Å². The number of rotatable bonds is 5. The van der Waals surface area contributed by atoms with Gasteiger partial charge in [-0.3, -0.25) is 4.98 Å². The van der Waals surface area contributed by atoms with Crippen molar-refractivity contribution in [3.63, 3.8) is 0 Å². The van der Waals surface area contributed by atoms with Gasteiger partial charge in [-0.15, -0.1) is 0 Å². The van der Waals surface area contributed by atoms with E-state index < -0.39 is 0 Å². The number of hydrogen-bond acceptors (Lipinski definition) is 7. The molecule has 32 heavy (non-hydrogen) atoms. The summed E-state index contributed by atoms with van der Waals surface area (Å²) in [4.78, 5) is 24.8. The zero-order valence-corrected chi connectivity index (χ0v) is 17.8. The van der Waals surface area contributed by atoms with Crippen molar-refractivity contribution in [2.45, 2.75) is 6.61 Å². The summed E-state index contributed by atoms with van der Waals surface area (Å²) < 4.78 is 5.29. The van der Waals surface area contributed by atoms with E-state index in [0.29, 0.717) is 12.4 Å². The molecular formula is C24H23N7O. The first-order chi connectivity index (χ1) is 15.8. The first-order valence-corrected chi connectivity index (χ1v) is 10.8. The van der Waals surface area contributed by atoms with Crippen LogP contribution < -0.4 is 10.2 Å². The molecule has 1 aliphatic heterocycles. The van der Waals surface area contributed by atoms with Gasteiger partial charge >= 0.3 is 0 Å². The van der Waals surface area contributed by atoms with Gasteiger partial charge < -0.3 is 19.9 Å². The van der Waals surface area contributed by atoms with Crippen LogP contribution in [-0.4, -0.2) is 58.2 Å². The molecule has 8 nitrogen and oxygen atoms in total. The summed E-state index contributed by atoms with van der Waals surface area (Å²) in [5.41, 5.74) is 5.81. The molecule has 6 rings (SSSR count). The second kappa shape index (κ2) is 7.81. The standard InChI is InChI=1S/C24H23N7O/c1-32-14-16-11-18-17(5-6-27-22(18)28-16)23-29-20-13-26-12-19(15-3-2-4-15)21(20)24(30-23)31-9-7-25-8-10-31/h2-6,11-13,25H,7-10,14H2,1H3,(H,27,28). The average Bonchev–Trinajstić information content (AvgIpc) is 3.21. The summed E-state index contributed by atoms with van der Waals surface area (Å²) in [5.74, 6) is 1.64. The minimum Gasteiger partial charge on any atom is -0.378 e. The fourth-order valence-electron chi connectivity index (χ4n) is 4.39. The van der Waals surface area contributed by atoms with E-state index in [-0.39, 0.29) is 0 Å². The number of anilines is 1. The van der Waals surface area contributed by atoms with Crippen molar-refractivity contribution >= 4 is 33.3 Å². The van der Waals surface area contributed by atoms with Crippen LogP contribution in [0.2, 0.25) is 0 Å². The lowest BCUT2D eigenvalue weighted by atomic mass is 9.97. The zero-order chi connectivity index (χ0) is 21.5. The molecule has 160 valence electrons. The first-order valence-electron chi connectivity index (χ1n) is 10.8.